The molecular weight excluding hydrogens is 312 g/mol. The van der Waals surface area contributed by atoms with Crippen molar-refractivity contribution < 1.29 is 27.9 Å². The van der Waals surface area contributed by atoms with Crippen molar-refractivity contribution in [1.29, 1.82) is 0 Å². The minimum Gasteiger partial charge on any atom is -0.495 e. The van der Waals surface area contributed by atoms with Crippen LogP contribution in [0, 0.1) is 0 Å². The van der Waals surface area contributed by atoms with Crippen LogP contribution in [0.3, 0.4) is 0 Å². The van der Waals surface area contributed by atoms with Gasteiger partial charge >= 0.3 is 0 Å². The number of halogens is 2. The van der Waals surface area contributed by atoms with Crippen molar-refractivity contribution in [3.05, 3.63) is 35.0 Å². The lowest BCUT2D eigenvalue weighted by molar-refractivity contribution is -0.136. The van der Waals surface area contributed by atoms with Crippen molar-refractivity contribution in [2.45, 2.75) is 25.1 Å². The van der Waals surface area contributed by atoms with Crippen LogP contribution in [-0.4, -0.2) is 37.0 Å². The van der Waals surface area contributed by atoms with E-state index in [4.69, 9.17) is 5.73 Å². The van der Waals surface area contributed by atoms with Gasteiger partial charge in [-0.25, -0.2) is 8.78 Å². The third-order valence-electron chi connectivity index (χ3n) is 3.40. The predicted molar refractivity (Wildman–Crippen MR) is 74.7 cm³/mol. The molecule has 1 aliphatic carbocycles. The van der Waals surface area contributed by atoms with Crippen molar-refractivity contribution >= 4 is 17.7 Å². The van der Waals surface area contributed by atoms with Crippen LogP contribution < -0.4 is 16.4 Å². The number of rotatable bonds is 3. The van der Waals surface area contributed by atoms with Gasteiger partial charge in [0.2, 0.25) is 11.8 Å². The van der Waals surface area contributed by atoms with Crippen LogP contribution in [0.4, 0.5) is 8.78 Å². The first-order chi connectivity index (χ1) is 10.8. The Morgan fingerprint density at radius 2 is 2.17 bits per heavy atom. The van der Waals surface area contributed by atoms with E-state index in [1.165, 1.54) is 0 Å². The minimum atomic E-state index is -1.93. The summed E-state index contributed by atoms with van der Waals surface area (Å²) in [7, 11) is 1.09. The van der Waals surface area contributed by atoms with Gasteiger partial charge < -0.3 is 15.8 Å². The number of piperidine rings is 1. The lowest BCUT2D eigenvalue weighted by Crippen LogP contribution is -2.52. The molecule has 2 unspecified atom stereocenters. The average molecular weight is 327 g/mol. The second kappa shape index (κ2) is 6.59. The summed E-state index contributed by atoms with van der Waals surface area (Å²) in [6.45, 7) is 0. The van der Waals surface area contributed by atoms with E-state index >= 15 is 0 Å². The fourth-order valence-corrected chi connectivity index (χ4v) is 2.21. The Bertz CT molecular complexity index is 654. The predicted octanol–water partition coefficient (Wildman–Crippen LogP) is -0.144. The molecule has 4 N–H and O–H groups in total. The largest absolute Gasteiger partial charge is 0.495 e. The Morgan fingerprint density at radius 1 is 1.48 bits per heavy atom. The highest BCUT2D eigenvalue weighted by Crippen LogP contribution is 2.25. The smallest absolute Gasteiger partial charge is 0.254 e. The Labute approximate surface area is 130 Å². The maximum absolute atomic E-state index is 13.9. The molecule has 0 aromatic carbocycles. The molecule has 2 aliphatic rings. The Kier molecular flexibility index (Phi) is 4.77. The van der Waals surface area contributed by atoms with Gasteiger partial charge in [0.05, 0.1) is 12.7 Å². The van der Waals surface area contributed by atoms with Crippen LogP contribution in [0.25, 0.3) is 0 Å². The molecule has 0 aromatic rings. The van der Waals surface area contributed by atoms with Gasteiger partial charge in [0.15, 0.2) is 17.8 Å². The molecule has 9 heteroatoms. The highest BCUT2D eigenvalue weighted by molar-refractivity contribution is 6.04. The molecule has 2 atom stereocenters. The molecule has 0 aromatic heterocycles. The first kappa shape index (κ1) is 16.7. The minimum absolute atomic E-state index is 0.0652. The summed E-state index contributed by atoms with van der Waals surface area (Å²) < 4.78 is 32.3. The van der Waals surface area contributed by atoms with Gasteiger partial charge in [-0.05, 0) is 18.6 Å². The number of amides is 3. The van der Waals surface area contributed by atoms with E-state index in [9.17, 15) is 23.2 Å². The van der Waals surface area contributed by atoms with Crippen LogP contribution in [0.5, 0.6) is 0 Å². The highest BCUT2D eigenvalue weighted by Gasteiger charge is 2.30. The first-order valence-corrected chi connectivity index (χ1v) is 6.75. The van der Waals surface area contributed by atoms with E-state index in [-0.39, 0.29) is 24.1 Å². The van der Waals surface area contributed by atoms with Crippen LogP contribution in [0.1, 0.15) is 12.8 Å². The molecule has 124 valence electrons. The number of nitrogens with one attached hydrogen (secondary N) is 2. The summed E-state index contributed by atoms with van der Waals surface area (Å²) in [4.78, 5) is 34.9. The summed E-state index contributed by atoms with van der Waals surface area (Å²) in [5.41, 5.74) is 4.98. The van der Waals surface area contributed by atoms with E-state index in [1.54, 1.807) is 0 Å². The van der Waals surface area contributed by atoms with Crippen molar-refractivity contribution in [2.24, 2.45) is 5.73 Å². The van der Waals surface area contributed by atoms with Crippen LogP contribution in [0.2, 0.25) is 0 Å². The fraction of sp³-hybridized carbons (Fsp3) is 0.357. The van der Waals surface area contributed by atoms with Crippen molar-refractivity contribution in [2.75, 3.05) is 7.11 Å². The molecule has 1 aliphatic heterocycles. The molecule has 23 heavy (non-hydrogen) atoms. The van der Waals surface area contributed by atoms with Crippen molar-refractivity contribution in [1.82, 2.24) is 10.6 Å². The molecule has 1 fully saturated rings. The second-order valence-electron chi connectivity index (χ2n) is 4.98. The van der Waals surface area contributed by atoms with E-state index in [1.807, 2.05) is 0 Å². The summed E-state index contributed by atoms with van der Waals surface area (Å²) in [5, 5.41) is 4.41. The molecule has 7 nitrogen and oxygen atoms in total. The quantitative estimate of drug-likeness (QED) is 0.625. The number of allylic oxidation sites excluding steroid dienone is 3. The molecule has 0 radical (unpaired) electrons. The fourth-order valence-electron chi connectivity index (χ4n) is 2.21. The standard InChI is InChI=1S/C14H15F2N3O4/c1-23-12-7(15)4-6(9(17)5-8(12)16)13(21)18-10-2-3-11(20)19-14(10)22/h4-5,8,10H,2-3,17H2,1H3,(H,18,21)(H,19,20,22). The lowest BCUT2D eigenvalue weighted by Gasteiger charge is -2.22. The van der Waals surface area contributed by atoms with Crippen LogP contribution in [0.15, 0.2) is 35.0 Å². The van der Waals surface area contributed by atoms with Crippen LogP contribution in [-0.2, 0) is 19.1 Å². The number of carbonyl (C=O) groups excluding carboxylic acids is 3. The highest BCUT2D eigenvalue weighted by atomic mass is 19.1. The molecule has 1 heterocycles. The Morgan fingerprint density at radius 3 is 2.78 bits per heavy atom. The van der Waals surface area contributed by atoms with Gasteiger partial charge in [0.1, 0.15) is 6.04 Å². The number of methoxy groups -OCH3 is 1. The average Bonchev–Trinajstić information content (AvgIpc) is 2.58. The van der Waals surface area contributed by atoms with Gasteiger partial charge in [-0.15, -0.1) is 0 Å². The molecule has 0 spiro atoms. The van der Waals surface area contributed by atoms with Crippen LogP contribution >= 0.6 is 0 Å². The zero-order valence-electron chi connectivity index (χ0n) is 12.2. The molecule has 1 saturated heterocycles. The lowest BCUT2D eigenvalue weighted by atomic mass is 10.0. The van der Waals surface area contributed by atoms with Crippen molar-refractivity contribution in [3.63, 3.8) is 0 Å². The summed E-state index contributed by atoms with van der Waals surface area (Å²) >= 11 is 0. The maximum atomic E-state index is 13.9. The zero-order valence-corrected chi connectivity index (χ0v) is 12.2. The summed E-state index contributed by atoms with van der Waals surface area (Å²) in [6, 6.07) is -0.952. The third kappa shape index (κ3) is 3.55. The van der Waals surface area contributed by atoms with E-state index in [0.717, 1.165) is 19.3 Å². The van der Waals surface area contributed by atoms with Gasteiger partial charge in [-0.2, -0.15) is 0 Å². The SMILES string of the molecule is COC1=C(F)C=C(C(=O)NC2CCC(=O)NC2=O)C(N)=CC1F. The molecule has 3 amide bonds. The Balaban J connectivity index is 2.21. The molecule has 2 rings (SSSR count). The van der Waals surface area contributed by atoms with Gasteiger partial charge in [0.25, 0.3) is 5.91 Å². The number of alkyl halides is 1. The number of imide groups is 1. The van der Waals surface area contributed by atoms with E-state index in [2.05, 4.69) is 15.4 Å². The Hall–Kier alpha value is -2.71. The number of hydrogen-bond acceptors (Lipinski definition) is 5. The van der Waals surface area contributed by atoms with E-state index in [0.29, 0.717) is 0 Å². The summed E-state index contributed by atoms with van der Waals surface area (Å²) in [5.74, 6) is -3.63. The number of ether oxygens (including phenoxy) is 1. The number of carbonyl (C=O) groups is 3. The topological polar surface area (TPSA) is 111 Å². The summed E-state index contributed by atoms with van der Waals surface area (Å²) in [6.07, 6.45) is -0.180. The van der Waals surface area contributed by atoms with Gasteiger partial charge in [-0.1, -0.05) is 0 Å². The van der Waals surface area contributed by atoms with Crippen molar-refractivity contribution in [3.8, 4) is 0 Å². The zero-order chi connectivity index (χ0) is 17.1. The second-order valence-corrected chi connectivity index (χ2v) is 4.98. The monoisotopic (exact) mass is 327 g/mol. The molecular formula is C14H15F2N3O4. The third-order valence-corrected chi connectivity index (χ3v) is 3.40. The molecule has 0 saturated carbocycles. The van der Waals surface area contributed by atoms with Gasteiger partial charge in [0, 0.05) is 12.1 Å². The number of nitrogens with two attached hydrogens (primary N) is 1. The van der Waals surface area contributed by atoms with Gasteiger partial charge in [-0.3, -0.25) is 19.7 Å². The molecule has 0 bridgehead atoms. The number of hydrogen-bond donors (Lipinski definition) is 3. The first-order valence-electron chi connectivity index (χ1n) is 6.75. The normalized spacial score (nSPS) is 25.2. The van der Waals surface area contributed by atoms with E-state index < -0.39 is 41.5 Å². The maximum Gasteiger partial charge on any atom is 0.254 e.